The molecule has 82 valence electrons. The number of nitrogens with one attached hydrogen (secondary N) is 1. The van der Waals surface area contributed by atoms with E-state index in [-0.39, 0.29) is 24.3 Å². The number of aliphatic hydroxyl groups is 1. The Kier molecular flexibility index (Phi) is 3.24. The average molecular weight is 230 g/mol. The monoisotopic (exact) mass is 229 g/mol. The van der Waals surface area contributed by atoms with Gasteiger partial charge in [-0.15, -0.1) is 0 Å². The van der Waals surface area contributed by atoms with Crippen molar-refractivity contribution < 1.29 is 9.50 Å². The van der Waals surface area contributed by atoms with Crippen LogP contribution in [0.2, 0.25) is 5.02 Å². The standard InChI is InChI=1S/C11H13ClFNO/c12-8-1-2-9(11(13)3-8)10-5-14-4-7(10)6-15/h1-3,7,10,14-15H,4-6H2. The topological polar surface area (TPSA) is 32.3 Å². The largest absolute Gasteiger partial charge is 0.396 e. The Morgan fingerprint density at radius 1 is 1.47 bits per heavy atom. The van der Waals surface area contributed by atoms with Crippen LogP contribution < -0.4 is 5.32 Å². The summed E-state index contributed by atoms with van der Waals surface area (Å²) in [5.41, 5.74) is 0.642. The van der Waals surface area contributed by atoms with Gasteiger partial charge in [-0.25, -0.2) is 4.39 Å². The second-order valence-corrected chi connectivity index (χ2v) is 4.31. The smallest absolute Gasteiger partial charge is 0.128 e. The summed E-state index contributed by atoms with van der Waals surface area (Å²) in [5.74, 6) is -0.136. The number of hydrogen-bond acceptors (Lipinski definition) is 2. The molecule has 15 heavy (non-hydrogen) atoms. The van der Waals surface area contributed by atoms with Crippen LogP contribution >= 0.6 is 11.6 Å². The summed E-state index contributed by atoms with van der Waals surface area (Å²) in [6, 6.07) is 4.72. The average Bonchev–Trinajstić information content (AvgIpc) is 2.65. The van der Waals surface area contributed by atoms with E-state index in [9.17, 15) is 4.39 Å². The molecule has 1 aliphatic heterocycles. The van der Waals surface area contributed by atoms with E-state index in [2.05, 4.69) is 5.32 Å². The predicted octanol–water partition coefficient (Wildman–Crippen LogP) is 1.77. The highest BCUT2D eigenvalue weighted by molar-refractivity contribution is 6.30. The molecule has 2 rings (SSSR count). The molecule has 0 spiro atoms. The van der Waals surface area contributed by atoms with Crippen LogP contribution in [0, 0.1) is 11.7 Å². The zero-order valence-electron chi connectivity index (χ0n) is 8.21. The van der Waals surface area contributed by atoms with E-state index in [1.165, 1.54) is 6.07 Å². The normalized spacial score (nSPS) is 25.8. The highest BCUT2D eigenvalue weighted by Crippen LogP contribution is 2.30. The van der Waals surface area contributed by atoms with E-state index in [0.29, 0.717) is 17.1 Å². The Hall–Kier alpha value is -0.640. The van der Waals surface area contributed by atoms with Gasteiger partial charge in [0.15, 0.2) is 0 Å². The van der Waals surface area contributed by atoms with Crippen LogP contribution in [0.4, 0.5) is 4.39 Å². The van der Waals surface area contributed by atoms with Crippen molar-refractivity contribution in [3.63, 3.8) is 0 Å². The summed E-state index contributed by atoms with van der Waals surface area (Å²) in [6.07, 6.45) is 0. The fraction of sp³-hybridized carbons (Fsp3) is 0.455. The zero-order chi connectivity index (χ0) is 10.8. The first-order valence-electron chi connectivity index (χ1n) is 4.99. The van der Waals surface area contributed by atoms with Gasteiger partial charge in [-0.3, -0.25) is 0 Å². The van der Waals surface area contributed by atoms with Crippen molar-refractivity contribution in [3.05, 3.63) is 34.6 Å². The third-order valence-corrected chi connectivity index (χ3v) is 3.17. The first kappa shape index (κ1) is 10.9. The Bertz CT molecular complexity index is 358. The number of benzene rings is 1. The van der Waals surface area contributed by atoms with E-state index in [1.807, 2.05) is 0 Å². The van der Waals surface area contributed by atoms with Crippen LogP contribution in [0.3, 0.4) is 0 Å². The Balaban J connectivity index is 2.28. The molecule has 2 unspecified atom stereocenters. The molecule has 1 heterocycles. The molecule has 0 aromatic heterocycles. The minimum Gasteiger partial charge on any atom is -0.396 e. The lowest BCUT2D eigenvalue weighted by Crippen LogP contribution is -2.15. The molecule has 1 saturated heterocycles. The molecule has 2 N–H and O–H groups in total. The number of halogens is 2. The second kappa shape index (κ2) is 4.47. The van der Waals surface area contributed by atoms with E-state index < -0.39 is 0 Å². The maximum absolute atomic E-state index is 13.6. The Morgan fingerprint density at radius 3 is 2.93 bits per heavy atom. The van der Waals surface area contributed by atoms with Gasteiger partial charge in [-0.2, -0.15) is 0 Å². The Morgan fingerprint density at radius 2 is 2.27 bits per heavy atom. The van der Waals surface area contributed by atoms with Crippen molar-refractivity contribution in [3.8, 4) is 0 Å². The minimum atomic E-state index is -0.283. The number of rotatable bonds is 2. The molecule has 0 amide bonds. The molecule has 0 aliphatic carbocycles. The van der Waals surface area contributed by atoms with Gasteiger partial charge in [0.05, 0.1) is 0 Å². The quantitative estimate of drug-likeness (QED) is 0.810. The fourth-order valence-corrected chi connectivity index (χ4v) is 2.25. The SMILES string of the molecule is OCC1CNCC1c1ccc(Cl)cc1F. The molecule has 1 aromatic rings. The van der Waals surface area contributed by atoms with Crippen LogP contribution in [0.15, 0.2) is 18.2 Å². The van der Waals surface area contributed by atoms with Gasteiger partial charge in [0.2, 0.25) is 0 Å². The van der Waals surface area contributed by atoms with E-state index >= 15 is 0 Å². The molecule has 2 nitrogen and oxygen atoms in total. The minimum absolute atomic E-state index is 0.0484. The number of aliphatic hydroxyl groups excluding tert-OH is 1. The third-order valence-electron chi connectivity index (χ3n) is 2.94. The Labute approximate surface area is 93.1 Å². The van der Waals surface area contributed by atoms with Crippen molar-refractivity contribution in [2.45, 2.75) is 5.92 Å². The van der Waals surface area contributed by atoms with Gasteiger partial charge in [-0.05, 0) is 17.7 Å². The van der Waals surface area contributed by atoms with Crippen molar-refractivity contribution in [1.82, 2.24) is 5.32 Å². The summed E-state index contributed by atoms with van der Waals surface area (Å²) in [5, 5.41) is 12.7. The summed E-state index contributed by atoms with van der Waals surface area (Å²) in [7, 11) is 0. The maximum Gasteiger partial charge on any atom is 0.128 e. The first-order chi connectivity index (χ1) is 7.22. The molecule has 0 radical (unpaired) electrons. The highest BCUT2D eigenvalue weighted by atomic mass is 35.5. The molecule has 4 heteroatoms. The summed E-state index contributed by atoms with van der Waals surface area (Å²) in [4.78, 5) is 0. The highest BCUT2D eigenvalue weighted by Gasteiger charge is 2.29. The molecule has 0 saturated carbocycles. The van der Waals surface area contributed by atoms with Crippen LogP contribution in [-0.4, -0.2) is 24.8 Å². The molecule has 0 bridgehead atoms. The lowest BCUT2D eigenvalue weighted by atomic mass is 9.89. The van der Waals surface area contributed by atoms with Crippen LogP contribution in [0.1, 0.15) is 11.5 Å². The van der Waals surface area contributed by atoms with Crippen LogP contribution in [0.25, 0.3) is 0 Å². The van der Waals surface area contributed by atoms with E-state index in [1.54, 1.807) is 12.1 Å². The zero-order valence-corrected chi connectivity index (χ0v) is 8.97. The first-order valence-corrected chi connectivity index (χ1v) is 5.36. The molecular formula is C11H13ClFNO. The summed E-state index contributed by atoms with van der Waals surface area (Å²) >= 11 is 5.69. The van der Waals surface area contributed by atoms with Gasteiger partial charge in [0.25, 0.3) is 0 Å². The third kappa shape index (κ3) is 2.14. The molecule has 2 atom stereocenters. The summed E-state index contributed by atoms with van der Waals surface area (Å²) in [6.45, 7) is 1.53. The van der Waals surface area contributed by atoms with Gasteiger partial charge in [-0.1, -0.05) is 17.7 Å². The molecule has 1 aromatic carbocycles. The predicted molar refractivity (Wildman–Crippen MR) is 57.6 cm³/mol. The maximum atomic E-state index is 13.6. The summed E-state index contributed by atoms with van der Waals surface area (Å²) < 4.78 is 13.6. The van der Waals surface area contributed by atoms with Gasteiger partial charge in [0.1, 0.15) is 5.82 Å². The van der Waals surface area contributed by atoms with Gasteiger partial charge in [0, 0.05) is 36.6 Å². The van der Waals surface area contributed by atoms with Crippen LogP contribution in [0.5, 0.6) is 0 Å². The number of hydrogen-bond donors (Lipinski definition) is 2. The van der Waals surface area contributed by atoms with Crippen molar-refractivity contribution in [2.75, 3.05) is 19.7 Å². The fourth-order valence-electron chi connectivity index (χ4n) is 2.09. The van der Waals surface area contributed by atoms with E-state index in [4.69, 9.17) is 16.7 Å². The lowest BCUT2D eigenvalue weighted by molar-refractivity contribution is 0.225. The molecular weight excluding hydrogens is 217 g/mol. The van der Waals surface area contributed by atoms with E-state index in [0.717, 1.165) is 6.54 Å². The van der Waals surface area contributed by atoms with Gasteiger partial charge >= 0.3 is 0 Å². The van der Waals surface area contributed by atoms with Crippen molar-refractivity contribution in [2.24, 2.45) is 5.92 Å². The molecule has 1 aliphatic rings. The van der Waals surface area contributed by atoms with Crippen molar-refractivity contribution >= 4 is 11.6 Å². The molecule has 1 fully saturated rings. The lowest BCUT2D eigenvalue weighted by Gasteiger charge is -2.17. The van der Waals surface area contributed by atoms with Crippen molar-refractivity contribution in [1.29, 1.82) is 0 Å². The van der Waals surface area contributed by atoms with Crippen LogP contribution in [-0.2, 0) is 0 Å². The second-order valence-electron chi connectivity index (χ2n) is 3.87. The van der Waals surface area contributed by atoms with Gasteiger partial charge < -0.3 is 10.4 Å².